The van der Waals surface area contributed by atoms with E-state index in [1.807, 2.05) is 6.92 Å². The monoisotopic (exact) mass is 255 g/mol. The largest absolute Gasteiger partial charge is 0.327 e. The maximum Gasteiger partial charge on any atom is 0.304 e. The van der Waals surface area contributed by atoms with Gasteiger partial charge in [-0.3, -0.25) is 14.9 Å². The first-order valence-electron chi connectivity index (χ1n) is 5.43. The zero-order valence-electron chi connectivity index (χ0n) is 9.85. The molecule has 0 bridgehead atoms. The molecule has 0 aliphatic heterocycles. The van der Waals surface area contributed by atoms with Crippen LogP contribution in [-0.2, 0) is 4.79 Å². The molecule has 3 N–H and O–H groups in total. The molecule has 0 aliphatic rings. The van der Waals surface area contributed by atoms with Gasteiger partial charge in [0.1, 0.15) is 0 Å². The minimum Gasteiger partial charge on any atom is -0.327 e. The highest BCUT2D eigenvalue weighted by Crippen LogP contribution is 2.20. The van der Waals surface area contributed by atoms with E-state index in [0.717, 1.165) is 12.1 Å². The molecule has 1 aromatic rings. The first-order valence-corrected chi connectivity index (χ1v) is 5.43. The first-order chi connectivity index (χ1) is 8.43. The molecule has 1 aromatic carbocycles. The van der Waals surface area contributed by atoms with Crippen molar-refractivity contribution in [1.82, 2.24) is 0 Å². The van der Waals surface area contributed by atoms with E-state index in [-0.39, 0.29) is 24.1 Å². The number of hydrogen-bond donors (Lipinski definition) is 2. The van der Waals surface area contributed by atoms with Crippen LogP contribution in [0.4, 0.5) is 15.8 Å². The van der Waals surface area contributed by atoms with Crippen molar-refractivity contribution in [3.8, 4) is 0 Å². The van der Waals surface area contributed by atoms with Crippen molar-refractivity contribution in [3.63, 3.8) is 0 Å². The molecule has 0 aliphatic carbocycles. The number of nitrogens with two attached hydrogens (primary N) is 1. The van der Waals surface area contributed by atoms with Gasteiger partial charge in [0.15, 0.2) is 0 Å². The molecule has 0 spiro atoms. The molecular weight excluding hydrogens is 241 g/mol. The van der Waals surface area contributed by atoms with Crippen molar-refractivity contribution in [1.29, 1.82) is 0 Å². The van der Waals surface area contributed by atoms with E-state index in [0.29, 0.717) is 6.42 Å². The summed E-state index contributed by atoms with van der Waals surface area (Å²) in [5.41, 5.74) is 5.14. The van der Waals surface area contributed by atoms with Crippen LogP contribution >= 0.6 is 0 Å². The van der Waals surface area contributed by atoms with Crippen molar-refractivity contribution in [2.75, 3.05) is 5.32 Å². The second-order valence-electron chi connectivity index (χ2n) is 3.84. The van der Waals surface area contributed by atoms with Crippen LogP contribution in [0.1, 0.15) is 19.8 Å². The number of carbonyl (C=O) groups excluding carboxylic acids is 1. The molecule has 6 nitrogen and oxygen atoms in total. The van der Waals surface area contributed by atoms with Gasteiger partial charge < -0.3 is 11.1 Å². The summed E-state index contributed by atoms with van der Waals surface area (Å²) in [4.78, 5) is 21.0. The molecule has 0 saturated heterocycles. The molecule has 1 unspecified atom stereocenters. The summed E-state index contributed by atoms with van der Waals surface area (Å²) in [6.45, 7) is 1.85. The lowest BCUT2D eigenvalue weighted by Gasteiger charge is -2.09. The third-order valence-electron chi connectivity index (χ3n) is 2.40. The van der Waals surface area contributed by atoms with Gasteiger partial charge in [0.2, 0.25) is 11.7 Å². The lowest BCUT2D eigenvalue weighted by atomic mass is 10.1. The minimum atomic E-state index is -0.988. The number of halogens is 1. The topological polar surface area (TPSA) is 98.3 Å². The Kier molecular flexibility index (Phi) is 4.73. The standard InChI is InChI=1S/C11H14FN3O3/c1-2-7(13)5-11(16)14-8-3-4-10(15(17)18)9(12)6-8/h3-4,6-7H,2,5,13H2,1H3,(H,14,16). The third-order valence-corrected chi connectivity index (χ3v) is 2.40. The van der Waals surface area contributed by atoms with Gasteiger partial charge in [-0.15, -0.1) is 0 Å². The Bertz CT molecular complexity index is 465. The number of nitro groups is 1. The molecule has 0 fully saturated rings. The molecule has 0 radical (unpaired) electrons. The smallest absolute Gasteiger partial charge is 0.304 e. The quantitative estimate of drug-likeness (QED) is 0.619. The molecule has 98 valence electrons. The van der Waals surface area contributed by atoms with Gasteiger partial charge >= 0.3 is 5.69 Å². The lowest BCUT2D eigenvalue weighted by molar-refractivity contribution is -0.387. The Morgan fingerprint density at radius 2 is 2.28 bits per heavy atom. The summed E-state index contributed by atoms with van der Waals surface area (Å²) < 4.78 is 13.3. The van der Waals surface area contributed by atoms with Gasteiger partial charge in [-0.2, -0.15) is 4.39 Å². The number of carbonyl (C=O) groups is 1. The number of nitro benzene ring substituents is 1. The highest BCUT2D eigenvalue weighted by atomic mass is 19.1. The van der Waals surface area contributed by atoms with Gasteiger partial charge in [0, 0.05) is 30.3 Å². The molecule has 1 rings (SSSR count). The lowest BCUT2D eigenvalue weighted by Crippen LogP contribution is -2.26. The summed E-state index contributed by atoms with van der Waals surface area (Å²) in [5.74, 6) is -1.34. The van der Waals surface area contributed by atoms with Crippen molar-refractivity contribution in [2.24, 2.45) is 5.73 Å². The number of rotatable bonds is 5. The molecule has 0 heterocycles. The van der Waals surface area contributed by atoms with Crippen molar-refractivity contribution < 1.29 is 14.1 Å². The molecule has 18 heavy (non-hydrogen) atoms. The second-order valence-corrected chi connectivity index (χ2v) is 3.84. The summed E-state index contributed by atoms with van der Waals surface area (Å²) in [7, 11) is 0. The fourth-order valence-corrected chi connectivity index (χ4v) is 1.33. The fourth-order valence-electron chi connectivity index (χ4n) is 1.33. The summed E-state index contributed by atoms with van der Waals surface area (Å²) in [5, 5.41) is 12.8. The van der Waals surface area contributed by atoms with Crippen LogP contribution in [-0.4, -0.2) is 16.9 Å². The minimum absolute atomic E-state index is 0.120. The zero-order chi connectivity index (χ0) is 13.7. The summed E-state index contributed by atoms with van der Waals surface area (Å²) in [6.07, 6.45) is 0.775. The zero-order valence-corrected chi connectivity index (χ0v) is 9.85. The van der Waals surface area contributed by atoms with Gasteiger partial charge in [-0.1, -0.05) is 6.92 Å². The van der Waals surface area contributed by atoms with Crippen LogP contribution in [0.5, 0.6) is 0 Å². The third kappa shape index (κ3) is 3.77. The number of nitrogens with zero attached hydrogens (tertiary/aromatic N) is 1. The van der Waals surface area contributed by atoms with Crippen molar-refractivity contribution in [3.05, 3.63) is 34.1 Å². The van der Waals surface area contributed by atoms with Gasteiger partial charge in [0.25, 0.3) is 0 Å². The van der Waals surface area contributed by atoms with Crippen LogP contribution in [0.25, 0.3) is 0 Å². The molecule has 0 saturated carbocycles. The Labute approximate surface area is 103 Å². The van der Waals surface area contributed by atoms with Crippen LogP contribution in [0.15, 0.2) is 18.2 Å². The van der Waals surface area contributed by atoms with E-state index in [2.05, 4.69) is 5.32 Å². The SMILES string of the molecule is CCC(N)CC(=O)Nc1ccc([N+](=O)[O-])c(F)c1. The molecule has 0 aromatic heterocycles. The maximum atomic E-state index is 13.3. The van der Waals surface area contributed by atoms with Crippen LogP contribution in [0.3, 0.4) is 0 Å². The molecule has 7 heteroatoms. The Morgan fingerprint density at radius 3 is 2.78 bits per heavy atom. The number of hydrogen-bond acceptors (Lipinski definition) is 4. The van der Waals surface area contributed by atoms with Gasteiger partial charge in [0.05, 0.1) is 4.92 Å². The van der Waals surface area contributed by atoms with Crippen LogP contribution in [0.2, 0.25) is 0 Å². The molecule has 1 amide bonds. The Balaban J connectivity index is 2.72. The van der Waals surface area contributed by atoms with Crippen LogP contribution in [0, 0.1) is 15.9 Å². The second kappa shape index (κ2) is 6.06. The average Bonchev–Trinajstić information content (AvgIpc) is 2.28. The molecular formula is C11H14FN3O3. The fraction of sp³-hybridized carbons (Fsp3) is 0.364. The van der Waals surface area contributed by atoms with Crippen molar-refractivity contribution >= 4 is 17.3 Å². The summed E-state index contributed by atoms with van der Waals surface area (Å²) >= 11 is 0. The summed E-state index contributed by atoms with van der Waals surface area (Å²) in [6, 6.07) is 2.93. The van der Waals surface area contributed by atoms with Gasteiger partial charge in [-0.05, 0) is 12.5 Å². The number of anilines is 1. The number of benzene rings is 1. The highest BCUT2D eigenvalue weighted by molar-refractivity contribution is 5.91. The predicted octanol–water partition coefficient (Wildman–Crippen LogP) is 1.80. The van der Waals surface area contributed by atoms with E-state index >= 15 is 0 Å². The van der Waals surface area contributed by atoms with E-state index in [4.69, 9.17) is 5.73 Å². The Hall–Kier alpha value is -2.02. The average molecular weight is 255 g/mol. The normalized spacial score (nSPS) is 11.9. The van der Waals surface area contributed by atoms with E-state index < -0.39 is 16.4 Å². The van der Waals surface area contributed by atoms with Gasteiger partial charge in [-0.25, -0.2) is 0 Å². The maximum absolute atomic E-state index is 13.3. The Morgan fingerprint density at radius 1 is 1.61 bits per heavy atom. The van der Waals surface area contributed by atoms with E-state index in [9.17, 15) is 19.3 Å². The van der Waals surface area contributed by atoms with Crippen molar-refractivity contribution in [2.45, 2.75) is 25.8 Å². The molecule has 1 atom stereocenters. The number of nitrogens with one attached hydrogen (secondary N) is 1. The van der Waals surface area contributed by atoms with E-state index in [1.54, 1.807) is 0 Å². The van der Waals surface area contributed by atoms with E-state index in [1.165, 1.54) is 6.07 Å². The van der Waals surface area contributed by atoms with Crippen LogP contribution < -0.4 is 11.1 Å². The predicted molar refractivity (Wildman–Crippen MR) is 64.6 cm³/mol. The number of amides is 1. The first kappa shape index (κ1) is 14.0. The highest BCUT2D eigenvalue weighted by Gasteiger charge is 2.15.